The van der Waals surface area contributed by atoms with Gasteiger partial charge in [-0.15, -0.1) is 0 Å². The lowest BCUT2D eigenvalue weighted by atomic mass is 9.91. The molecule has 2 aliphatic rings. The summed E-state index contributed by atoms with van der Waals surface area (Å²) in [6.45, 7) is 0.948. The van der Waals surface area contributed by atoms with Gasteiger partial charge in [0.15, 0.2) is 0 Å². The zero-order valence-corrected chi connectivity index (χ0v) is 19.1. The first kappa shape index (κ1) is 23.5. The number of morpholine rings is 1. The number of nitro groups is 2. The first-order chi connectivity index (χ1) is 17.1. The number of nitro benzene ring substituents is 2. The number of hydrogen-bond donors (Lipinski definition) is 0. The highest BCUT2D eigenvalue weighted by Crippen LogP contribution is 2.41. The predicted molar refractivity (Wildman–Crippen MR) is 124 cm³/mol. The van der Waals surface area contributed by atoms with Gasteiger partial charge in [0.25, 0.3) is 23.2 Å². The fourth-order valence-electron chi connectivity index (χ4n) is 4.39. The SMILES string of the molecule is O=C1c2ccc([N+](=O)[O-])c3c([N+](=O)[O-])ccc(c23)C(=O)N1c1ccc(S(=O)(=O)N2CCOCC2)cc1. The summed E-state index contributed by atoms with van der Waals surface area (Å²) in [5.74, 6) is -1.70. The number of nitrogens with zero attached hydrogens (tertiary/aromatic N) is 4. The molecular weight excluding hydrogens is 496 g/mol. The molecular formula is C22H16N4O9S. The second-order valence-electron chi connectivity index (χ2n) is 7.98. The third-order valence-electron chi connectivity index (χ3n) is 6.08. The first-order valence-corrected chi connectivity index (χ1v) is 12.0. The Morgan fingerprint density at radius 2 is 1.25 bits per heavy atom. The maximum atomic E-state index is 13.3. The molecule has 2 aliphatic heterocycles. The normalized spacial score (nSPS) is 16.4. The van der Waals surface area contributed by atoms with E-state index in [4.69, 9.17) is 4.74 Å². The summed E-state index contributed by atoms with van der Waals surface area (Å²) in [4.78, 5) is 48.9. The summed E-state index contributed by atoms with van der Waals surface area (Å²) in [5.41, 5.74) is -1.39. The second-order valence-corrected chi connectivity index (χ2v) is 9.92. The van der Waals surface area contributed by atoms with Gasteiger partial charge in [0.2, 0.25) is 10.0 Å². The van der Waals surface area contributed by atoms with E-state index in [1.807, 2.05) is 0 Å². The van der Waals surface area contributed by atoms with E-state index in [9.17, 15) is 38.2 Å². The Morgan fingerprint density at radius 3 is 1.72 bits per heavy atom. The molecule has 2 amide bonds. The minimum absolute atomic E-state index is 0.0289. The van der Waals surface area contributed by atoms with E-state index in [0.717, 1.165) is 29.2 Å². The molecule has 1 fully saturated rings. The Morgan fingerprint density at radius 1 is 0.750 bits per heavy atom. The van der Waals surface area contributed by atoms with Crippen molar-refractivity contribution < 1.29 is 32.6 Å². The van der Waals surface area contributed by atoms with Crippen LogP contribution in [0.15, 0.2) is 53.4 Å². The lowest BCUT2D eigenvalue weighted by molar-refractivity contribution is -0.390. The van der Waals surface area contributed by atoms with Gasteiger partial charge in [-0.2, -0.15) is 4.31 Å². The molecule has 13 nitrogen and oxygen atoms in total. The lowest BCUT2D eigenvalue weighted by Crippen LogP contribution is -2.41. The maximum Gasteiger partial charge on any atom is 0.284 e. The van der Waals surface area contributed by atoms with E-state index in [1.165, 1.54) is 28.6 Å². The quantitative estimate of drug-likeness (QED) is 0.283. The van der Waals surface area contributed by atoms with Crippen LogP contribution in [0, 0.1) is 20.2 Å². The molecule has 0 saturated carbocycles. The Labute approximate surface area is 202 Å². The zero-order chi connectivity index (χ0) is 25.8. The van der Waals surface area contributed by atoms with Crippen molar-refractivity contribution >= 4 is 49.7 Å². The van der Waals surface area contributed by atoms with Gasteiger partial charge in [-0.25, -0.2) is 13.3 Å². The number of ether oxygens (including phenoxy) is 1. The van der Waals surface area contributed by atoms with Crippen LogP contribution >= 0.6 is 0 Å². The Bertz CT molecular complexity index is 1510. The van der Waals surface area contributed by atoms with E-state index in [1.54, 1.807) is 0 Å². The van der Waals surface area contributed by atoms with Crippen LogP contribution in [0.3, 0.4) is 0 Å². The van der Waals surface area contributed by atoms with Gasteiger partial charge in [-0.3, -0.25) is 29.8 Å². The second kappa shape index (κ2) is 8.44. The number of anilines is 1. The molecule has 0 atom stereocenters. The van der Waals surface area contributed by atoms with E-state index >= 15 is 0 Å². The molecule has 0 aliphatic carbocycles. The van der Waals surface area contributed by atoms with Crippen molar-refractivity contribution in [2.75, 3.05) is 31.2 Å². The number of carbonyl (C=O) groups is 2. The van der Waals surface area contributed by atoms with Gasteiger partial charge in [0.1, 0.15) is 5.39 Å². The Balaban J connectivity index is 1.59. The van der Waals surface area contributed by atoms with Crippen LogP contribution < -0.4 is 4.90 Å². The molecule has 0 radical (unpaired) electrons. The fraction of sp³-hybridized carbons (Fsp3) is 0.182. The van der Waals surface area contributed by atoms with Crippen LogP contribution in [0.2, 0.25) is 0 Å². The number of rotatable bonds is 5. The van der Waals surface area contributed by atoms with Crippen molar-refractivity contribution in [2.45, 2.75) is 4.90 Å². The summed E-state index contributed by atoms with van der Waals surface area (Å²) in [6.07, 6.45) is 0. The third-order valence-corrected chi connectivity index (χ3v) is 7.99. The van der Waals surface area contributed by atoms with Gasteiger partial charge in [0, 0.05) is 41.7 Å². The Hall–Kier alpha value is -4.27. The molecule has 14 heteroatoms. The Kier molecular flexibility index (Phi) is 5.50. The maximum absolute atomic E-state index is 13.3. The lowest BCUT2D eigenvalue weighted by Gasteiger charge is -2.28. The summed E-state index contributed by atoms with van der Waals surface area (Å²) in [7, 11) is -3.81. The van der Waals surface area contributed by atoms with Crippen LogP contribution in [0.1, 0.15) is 20.7 Å². The van der Waals surface area contributed by atoms with Gasteiger partial charge >= 0.3 is 0 Å². The smallest absolute Gasteiger partial charge is 0.284 e. The van der Waals surface area contributed by atoms with Crippen molar-refractivity contribution in [3.63, 3.8) is 0 Å². The highest BCUT2D eigenvalue weighted by molar-refractivity contribution is 7.89. The number of non-ortho nitro benzene ring substituents is 2. The van der Waals surface area contributed by atoms with E-state index in [-0.39, 0.29) is 53.4 Å². The van der Waals surface area contributed by atoms with Gasteiger partial charge in [-0.1, -0.05) is 0 Å². The molecule has 5 rings (SSSR count). The van der Waals surface area contributed by atoms with Crippen LogP contribution in [0.25, 0.3) is 10.8 Å². The molecule has 3 aromatic carbocycles. The van der Waals surface area contributed by atoms with Crippen molar-refractivity contribution in [3.05, 3.63) is 79.9 Å². The van der Waals surface area contributed by atoms with Crippen molar-refractivity contribution in [1.82, 2.24) is 4.31 Å². The van der Waals surface area contributed by atoms with Crippen molar-refractivity contribution in [2.24, 2.45) is 0 Å². The standard InChI is InChI=1S/C22H16N4O9S/c27-21-15-5-7-17(25(29)30)20-18(26(31)32)8-6-16(19(15)20)22(28)24(21)13-1-3-14(4-2-13)36(33,34)23-9-11-35-12-10-23/h1-8H,9-12H2. The zero-order valence-electron chi connectivity index (χ0n) is 18.3. The number of amides is 2. The average molecular weight is 512 g/mol. The molecule has 0 N–H and O–H groups in total. The fourth-order valence-corrected chi connectivity index (χ4v) is 5.80. The summed E-state index contributed by atoms with van der Waals surface area (Å²) in [6, 6.07) is 9.43. The van der Waals surface area contributed by atoms with Crippen molar-refractivity contribution in [3.8, 4) is 0 Å². The molecule has 36 heavy (non-hydrogen) atoms. The molecule has 0 aromatic heterocycles. The molecule has 2 heterocycles. The minimum atomic E-state index is -3.81. The van der Waals surface area contributed by atoms with Crippen LogP contribution in [-0.4, -0.2) is 60.7 Å². The van der Waals surface area contributed by atoms with E-state index in [0.29, 0.717) is 0 Å². The molecule has 3 aromatic rings. The highest BCUT2D eigenvalue weighted by atomic mass is 32.2. The van der Waals surface area contributed by atoms with Gasteiger partial charge in [0.05, 0.1) is 33.6 Å². The molecule has 184 valence electrons. The predicted octanol–water partition coefficient (Wildman–Crippen LogP) is 2.48. The first-order valence-electron chi connectivity index (χ1n) is 10.6. The number of sulfonamides is 1. The topological polar surface area (TPSA) is 170 Å². The molecule has 0 spiro atoms. The highest BCUT2D eigenvalue weighted by Gasteiger charge is 2.38. The average Bonchev–Trinajstić information content (AvgIpc) is 2.87. The van der Waals surface area contributed by atoms with Gasteiger partial charge < -0.3 is 4.74 Å². The van der Waals surface area contributed by atoms with Crippen LogP contribution in [0.5, 0.6) is 0 Å². The summed E-state index contributed by atoms with van der Waals surface area (Å²) >= 11 is 0. The van der Waals surface area contributed by atoms with E-state index in [2.05, 4.69) is 0 Å². The van der Waals surface area contributed by atoms with Crippen LogP contribution in [-0.2, 0) is 14.8 Å². The summed E-state index contributed by atoms with van der Waals surface area (Å²) < 4.78 is 32.2. The van der Waals surface area contributed by atoms with E-state index < -0.39 is 48.4 Å². The monoisotopic (exact) mass is 512 g/mol. The minimum Gasteiger partial charge on any atom is -0.379 e. The number of hydrogen-bond acceptors (Lipinski definition) is 9. The molecule has 0 bridgehead atoms. The van der Waals surface area contributed by atoms with Crippen molar-refractivity contribution in [1.29, 1.82) is 0 Å². The van der Waals surface area contributed by atoms with Crippen LogP contribution in [0.4, 0.5) is 17.1 Å². The number of carbonyl (C=O) groups excluding carboxylic acids is 2. The molecule has 0 unspecified atom stereocenters. The largest absolute Gasteiger partial charge is 0.379 e. The third kappa shape index (κ3) is 3.50. The summed E-state index contributed by atoms with van der Waals surface area (Å²) in [5, 5.41) is 22.5. The number of imide groups is 1. The molecule has 1 saturated heterocycles. The number of benzene rings is 3. The van der Waals surface area contributed by atoms with Gasteiger partial charge in [-0.05, 0) is 36.4 Å².